The van der Waals surface area contributed by atoms with Crippen LogP contribution in [0.1, 0.15) is 278 Å². The van der Waals surface area contributed by atoms with Gasteiger partial charge in [-0.1, -0.05) is 110 Å². The second kappa shape index (κ2) is 64.0. The highest BCUT2D eigenvalue weighted by atomic mass is 16.4. The zero-order valence-electron chi connectivity index (χ0n) is 89.4. The summed E-state index contributed by atoms with van der Waals surface area (Å²) in [5.74, 6) is -35.3. The van der Waals surface area contributed by atoms with Gasteiger partial charge in [0.15, 0.2) is 34.7 Å². The van der Waals surface area contributed by atoms with Crippen LogP contribution in [0.4, 0.5) is 0 Å². The van der Waals surface area contributed by atoms with Crippen LogP contribution >= 0.6 is 0 Å². The van der Waals surface area contributed by atoms with E-state index in [0.29, 0.717) is 0 Å². The quantitative estimate of drug-likeness (QED) is 0.0301. The lowest BCUT2D eigenvalue weighted by Crippen LogP contribution is -2.62. The molecule has 0 aromatic carbocycles. The van der Waals surface area contributed by atoms with E-state index >= 15 is 19.2 Å². The fourth-order valence-corrected chi connectivity index (χ4v) is 17.7. The van der Waals surface area contributed by atoms with Crippen LogP contribution in [0.3, 0.4) is 0 Å². The van der Waals surface area contributed by atoms with E-state index in [9.17, 15) is 142 Å². The number of Topliss-reactive ketones (excluding diaryl/α,β-unsaturated/α-hetero) is 7. The topological polar surface area (TPSA) is 680 Å². The zero-order chi connectivity index (χ0) is 113. The van der Waals surface area contributed by atoms with Crippen LogP contribution in [0.5, 0.6) is 0 Å². The lowest BCUT2D eigenvalue weighted by atomic mass is 9.84. The molecule has 0 aromatic heterocycles. The Balaban J connectivity index is 4.36. The second-order valence-corrected chi connectivity index (χ2v) is 41.4. The van der Waals surface area contributed by atoms with Crippen molar-refractivity contribution in [3.63, 3.8) is 0 Å². The van der Waals surface area contributed by atoms with Crippen molar-refractivity contribution in [2.24, 2.45) is 76.9 Å². The molecule has 1 heterocycles. The number of aliphatic hydroxyl groups is 2. The number of aliphatic hydroxyl groups excluding tert-OH is 2. The van der Waals surface area contributed by atoms with Gasteiger partial charge in [0.25, 0.3) is 0 Å². The van der Waals surface area contributed by atoms with Crippen molar-refractivity contribution in [1.29, 1.82) is 0 Å². The van der Waals surface area contributed by atoms with Crippen LogP contribution in [0, 0.1) is 88.8 Å². The predicted molar refractivity (Wildman–Crippen MR) is 529 cm³/mol. The molecule has 1 rings (SSSR count). The number of carbonyl (C=O) groups excluding carboxylic acids is 18. The average Bonchev–Trinajstić information content (AvgIpc) is 0.812. The number of aliphatic carboxylic acids is 7. The Morgan fingerprint density at radius 2 is 0.735 bits per heavy atom. The van der Waals surface area contributed by atoms with E-state index in [1.54, 1.807) is 62.3 Å². The van der Waals surface area contributed by atoms with Crippen molar-refractivity contribution in [3.8, 4) is 11.8 Å². The van der Waals surface area contributed by atoms with Crippen molar-refractivity contribution < 1.29 is 166 Å². The van der Waals surface area contributed by atoms with Crippen LogP contribution < -0.4 is 21.3 Å². The van der Waals surface area contributed by atoms with Gasteiger partial charge in [-0.3, -0.25) is 120 Å². The molecule has 1 unspecified atom stereocenters. The molecule has 13 N–H and O–H groups in total. The third kappa shape index (κ3) is 45.5. The number of amides is 11. The number of carbonyl (C=O) groups is 25. The number of likely N-dealkylation sites (N-methyl/N-ethyl adjacent to an activating group) is 7. The molecule has 45 nitrogen and oxygen atoms in total. The van der Waals surface area contributed by atoms with Crippen LogP contribution in [-0.4, -0.2) is 356 Å². The monoisotopic (exact) mass is 2080 g/mol. The SMILES string of the molecule is CC[C@@H]1CC(=O)[C@H]([C@H](O)[C@H](C)CC(O)C#CC(=O)C[C@H](CCC(=O)O)C(=O)N[C@H](CCC(=O)O)C(=O)C[C@H](CCC(=O)O)C(=O)N[C@H](CCC(=O)O)C(=O)C[C@H](CCC(=O)O)C(=O)N[C@H](CCC(=O)O)C(=O)CCC(=O)O)N(C)C(=O)[C@H](C(C)C)N(C)C(=O)[C@H](CC(C)C)N(C)C(=O)[C@H](CC(C)C)N(C)C(=O)[C@@H](C)NC(=O)[C@H](C)CC(=O)[C@H](CC(C)C)N(C)C(=O)[C@H](C(C)C)CC(=O)[C@H](CC(C)C)N(C)C(=O)CN(C)C1=O. The van der Waals surface area contributed by atoms with E-state index in [4.69, 9.17) is 5.11 Å². The van der Waals surface area contributed by atoms with E-state index < -0.39 is 408 Å². The van der Waals surface area contributed by atoms with Gasteiger partial charge in [-0.15, -0.1) is 0 Å². The van der Waals surface area contributed by atoms with E-state index in [2.05, 4.69) is 33.1 Å². The number of rotatable bonds is 51. The van der Waals surface area contributed by atoms with Gasteiger partial charge in [0.05, 0.1) is 49.3 Å². The summed E-state index contributed by atoms with van der Waals surface area (Å²) in [5.41, 5.74) is 0. The first-order valence-electron chi connectivity index (χ1n) is 50.2. The molecule has 11 amide bonds. The largest absolute Gasteiger partial charge is 0.481 e. The van der Waals surface area contributed by atoms with Crippen molar-refractivity contribution in [2.75, 3.05) is 55.9 Å². The molecule has 0 radical (unpaired) electrons. The Hall–Kier alpha value is -12.4. The van der Waals surface area contributed by atoms with Crippen LogP contribution in [0.25, 0.3) is 0 Å². The highest BCUT2D eigenvalue weighted by Gasteiger charge is 2.48. The molecule has 1 saturated heterocycles. The van der Waals surface area contributed by atoms with E-state index in [-0.39, 0.29) is 62.2 Å². The Kier molecular flexibility index (Phi) is 57.8. The van der Waals surface area contributed by atoms with E-state index in [1.807, 2.05) is 27.7 Å². The van der Waals surface area contributed by atoms with Crippen LogP contribution in [0.15, 0.2) is 0 Å². The number of hydrogen-bond acceptors (Lipinski definition) is 27. The minimum absolute atomic E-state index is 0.0288. The first kappa shape index (κ1) is 133. The summed E-state index contributed by atoms with van der Waals surface area (Å²) in [6.45, 7) is 26.1. The normalized spacial score (nSPS) is 21.7. The van der Waals surface area contributed by atoms with Crippen LogP contribution in [0.2, 0.25) is 0 Å². The molecule has 0 aliphatic carbocycles. The first-order valence-corrected chi connectivity index (χ1v) is 50.2. The Morgan fingerprint density at radius 1 is 0.381 bits per heavy atom. The minimum atomic E-state index is -2.07. The van der Waals surface area contributed by atoms with Gasteiger partial charge in [0.1, 0.15) is 36.3 Å². The minimum Gasteiger partial charge on any atom is -0.481 e. The third-order valence-corrected chi connectivity index (χ3v) is 26.5. The average molecular weight is 2090 g/mol. The Bertz CT molecular complexity index is 4710. The zero-order valence-corrected chi connectivity index (χ0v) is 89.4. The number of ketones is 7. The molecule has 0 spiro atoms. The highest BCUT2D eigenvalue weighted by Crippen LogP contribution is 2.32. The number of carboxylic acids is 7. The maximum atomic E-state index is 15.8. The van der Waals surface area contributed by atoms with E-state index in [1.165, 1.54) is 77.8 Å². The predicted octanol–water partition coefficient (Wildman–Crippen LogP) is 4.13. The van der Waals surface area contributed by atoms with Gasteiger partial charge in [-0.2, -0.15) is 0 Å². The lowest BCUT2D eigenvalue weighted by Gasteiger charge is -2.41. The highest BCUT2D eigenvalue weighted by molar-refractivity contribution is 6.03. The maximum Gasteiger partial charge on any atom is 0.303 e. The molecule has 0 aromatic rings. The first-order chi connectivity index (χ1) is 68.0. The smallest absolute Gasteiger partial charge is 0.303 e. The van der Waals surface area contributed by atoms with Crippen molar-refractivity contribution >= 4 is 147 Å². The summed E-state index contributed by atoms with van der Waals surface area (Å²) in [6, 6.07) is -15.4. The molecular formula is C102H161N11O34. The van der Waals surface area contributed by atoms with Gasteiger partial charge in [-0.25, -0.2) is 0 Å². The fraction of sp³-hybridized carbons (Fsp3) is 0.735. The lowest BCUT2D eigenvalue weighted by molar-refractivity contribution is -0.157. The molecule has 828 valence electrons. The molecule has 0 saturated carbocycles. The van der Waals surface area contributed by atoms with Gasteiger partial charge in [0, 0.05) is 168 Å². The summed E-state index contributed by atoms with van der Waals surface area (Å²) < 4.78 is 0. The Morgan fingerprint density at radius 3 is 1.12 bits per heavy atom. The van der Waals surface area contributed by atoms with Gasteiger partial charge in [0.2, 0.25) is 70.8 Å². The summed E-state index contributed by atoms with van der Waals surface area (Å²) in [6.07, 6.45) is -20.3. The van der Waals surface area contributed by atoms with Gasteiger partial charge in [-0.05, 0) is 131 Å². The summed E-state index contributed by atoms with van der Waals surface area (Å²) >= 11 is 0. The number of nitrogens with one attached hydrogen (secondary N) is 4. The van der Waals surface area contributed by atoms with Crippen LogP contribution in [-0.2, 0) is 120 Å². The molecule has 147 heavy (non-hydrogen) atoms. The molecule has 19 atom stereocenters. The molecule has 1 aliphatic heterocycles. The molecule has 0 bridgehead atoms. The third-order valence-electron chi connectivity index (χ3n) is 26.5. The molecular weight excluding hydrogens is 1920 g/mol. The number of carboxylic acid groups (broad SMARTS) is 7. The summed E-state index contributed by atoms with van der Waals surface area (Å²) in [7, 11) is 9.22. The fourth-order valence-electron chi connectivity index (χ4n) is 17.7. The number of nitrogens with zero attached hydrogens (tertiary/aromatic N) is 7. The molecule has 1 fully saturated rings. The van der Waals surface area contributed by atoms with Crippen molar-refractivity contribution in [1.82, 2.24) is 55.6 Å². The van der Waals surface area contributed by atoms with Crippen molar-refractivity contribution in [3.05, 3.63) is 0 Å². The van der Waals surface area contributed by atoms with E-state index in [0.717, 1.165) is 26.6 Å². The maximum absolute atomic E-state index is 15.8. The second-order valence-electron chi connectivity index (χ2n) is 41.4. The summed E-state index contributed by atoms with van der Waals surface area (Å²) in [5, 5.41) is 101. The Labute approximate surface area is 859 Å². The standard InChI is InChI=1S/C102H161N11O34/c1-24-62-48-81(121)91(92(137)59(14)45-66(114)28-29-67(115)47-63(25-34-83(123)124)94(139)105-70(31-38-87(131)132)77(117)50-65(27-36-85(127)128)96(141)106-71(32-39-88(133)134)78(118)49-64(26-35-84(125)126)95(140)104-69(30-37-86(129)130)76(116)33-40-89(135)136)113(23)102(147)90(58(12)13)112(22)101(146)75(44-56(8)9)111(21)100(145)74(43-55(6)7)110(20)97(142)61(16)103-93(138)60(15)46-79(119)73(42-54(4)5)109(19)99(144)68(57(10)11)51-80(120)72(41-53(2)3)108(18)82(122)52-107(17)98(62)143/h53-66,68-75,90-92,114,137H,24-27,30-52H2,1-23H3,(H,103,138)(H,104,140)(H,105,139)(H,106,141)(H,123,124)(H,125,126)(H,127,128)(H,129,130)(H,131,132)(H,133,134)(H,135,136)/t59-,60-,61-,62-,63+,64+,65+,66?,68+,69-,70-,71-,72+,73+,74+,75+,90+,91-,92-/m1/s1. The molecule has 1 aliphatic rings. The van der Waals surface area contributed by atoms with Crippen molar-refractivity contribution in [2.45, 2.75) is 350 Å². The molecule has 45 heteroatoms. The van der Waals surface area contributed by atoms with Gasteiger partial charge >= 0.3 is 41.8 Å². The number of hydrogen-bond donors (Lipinski definition) is 13. The van der Waals surface area contributed by atoms with Gasteiger partial charge < -0.3 is 102 Å². The summed E-state index contributed by atoms with van der Waals surface area (Å²) in [4.78, 5) is 354.